The molecule has 0 spiro atoms. The Morgan fingerprint density at radius 2 is 1.67 bits per heavy atom. The molecule has 0 saturated carbocycles. The average molecular weight is 446 g/mol. The molecule has 0 unspecified atom stereocenters. The van der Waals surface area contributed by atoms with Crippen LogP contribution in [0.2, 0.25) is 5.02 Å². The van der Waals surface area contributed by atoms with Crippen molar-refractivity contribution in [2.75, 3.05) is 26.7 Å². The van der Waals surface area contributed by atoms with Gasteiger partial charge < -0.3 is 10.6 Å². The third kappa shape index (κ3) is 5.80. The molecule has 30 heavy (non-hydrogen) atoms. The van der Waals surface area contributed by atoms with Gasteiger partial charge in [-0.05, 0) is 49.0 Å². The lowest BCUT2D eigenvalue weighted by Crippen LogP contribution is -2.33. The minimum Gasteiger partial charge on any atom is -0.326 e. The number of likely N-dealkylation sites (N-methyl/N-ethyl adjacent to an activating group) is 1. The molecule has 0 bridgehead atoms. The topological polar surface area (TPSA) is 75.4 Å². The first kappa shape index (κ1) is 22.7. The summed E-state index contributed by atoms with van der Waals surface area (Å²) in [4.78, 5) is 2.24. The summed E-state index contributed by atoms with van der Waals surface area (Å²) in [6.07, 6.45) is 1.98. The molecular weight excluding hydrogens is 418 g/mol. The van der Waals surface area contributed by atoms with Gasteiger partial charge in [-0.3, -0.25) is 0 Å². The van der Waals surface area contributed by atoms with Gasteiger partial charge in [0.2, 0.25) is 10.0 Å². The molecule has 3 aromatic carbocycles. The molecule has 0 aliphatic heterocycles. The van der Waals surface area contributed by atoms with Crippen molar-refractivity contribution < 1.29 is 8.42 Å². The van der Waals surface area contributed by atoms with Gasteiger partial charge in [-0.2, -0.15) is 0 Å². The van der Waals surface area contributed by atoms with Crippen LogP contribution in [0.15, 0.2) is 65.6 Å². The number of fused-ring (bicyclic) bond motifs is 1. The molecule has 0 aromatic heterocycles. The summed E-state index contributed by atoms with van der Waals surface area (Å²) in [5.74, 6) is 0. The monoisotopic (exact) mass is 445 g/mol. The first-order valence-corrected chi connectivity index (χ1v) is 11.9. The van der Waals surface area contributed by atoms with E-state index in [1.807, 2.05) is 31.3 Å². The van der Waals surface area contributed by atoms with Gasteiger partial charge in [0, 0.05) is 25.0 Å². The molecular formula is C23H28ClN3O2S. The fourth-order valence-electron chi connectivity index (χ4n) is 3.38. The number of nitrogens with two attached hydrogens (primary N) is 1. The normalized spacial score (nSPS) is 12.0. The molecule has 3 aromatic rings. The fraction of sp³-hybridized carbons (Fsp3) is 0.304. The number of aryl methyl sites for hydroxylation is 1. The number of halogens is 1. The maximum Gasteiger partial charge on any atom is 0.242 e. The highest BCUT2D eigenvalue weighted by molar-refractivity contribution is 7.89. The van der Waals surface area contributed by atoms with E-state index in [1.54, 1.807) is 12.1 Å². The molecule has 0 aliphatic carbocycles. The maximum atomic E-state index is 12.7. The minimum atomic E-state index is -3.67. The molecule has 0 saturated heterocycles. The summed E-state index contributed by atoms with van der Waals surface area (Å²) in [6, 6.07) is 19.2. The Labute approximate surface area is 183 Å². The molecule has 3 rings (SSSR count). The number of sulfonamides is 1. The van der Waals surface area contributed by atoms with Crippen molar-refractivity contribution in [3.8, 4) is 0 Å². The number of nitrogens with zero attached hydrogens (tertiary/aromatic N) is 1. The summed E-state index contributed by atoms with van der Waals surface area (Å²) in [7, 11) is -1.67. The Kier molecular flexibility index (Phi) is 7.86. The van der Waals surface area contributed by atoms with Gasteiger partial charge in [0.05, 0.1) is 5.02 Å². The molecule has 0 fully saturated rings. The molecule has 0 radical (unpaired) electrons. The van der Waals surface area contributed by atoms with Crippen LogP contribution in [0.4, 0.5) is 0 Å². The Bertz CT molecular complexity index is 1090. The van der Waals surface area contributed by atoms with Crippen LogP contribution in [0.3, 0.4) is 0 Å². The highest BCUT2D eigenvalue weighted by Crippen LogP contribution is 2.30. The van der Waals surface area contributed by atoms with Gasteiger partial charge in [0.1, 0.15) is 4.90 Å². The molecule has 0 aliphatic rings. The summed E-state index contributed by atoms with van der Waals surface area (Å²) < 4.78 is 28.1. The summed E-state index contributed by atoms with van der Waals surface area (Å²) >= 11 is 6.38. The zero-order valence-corrected chi connectivity index (χ0v) is 18.7. The van der Waals surface area contributed by atoms with Crippen LogP contribution in [0.5, 0.6) is 0 Å². The summed E-state index contributed by atoms with van der Waals surface area (Å²) in [5, 5.41) is 1.91. The molecule has 3 N–H and O–H groups in total. The average Bonchev–Trinajstić information content (AvgIpc) is 2.74. The van der Waals surface area contributed by atoms with Crippen molar-refractivity contribution in [1.82, 2.24) is 9.62 Å². The Morgan fingerprint density at radius 1 is 0.967 bits per heavy atom. The second kappa shape index (κ2) is 10.4. The van der Waals surface area contributed by atoms with Crippen LogP contribution in [0.25, 0.3) is 10.8 Å². The third-order valence-electron chi connectivity index (χ3n) is 5.17. The van der Waals surface area contributed by atoms with Gasteiger partial charge in [0.15, 0.2) is 0 Å². The highest BCUT2D eigenvalue weighted by atomic mass is 35.5. The van der Waals surface area contributed by atoms with Crippen LogP contribution in [0, 0.1) is 0 Å². The van der Waals surface area contributed by atoms with Crippen LogP contribution in [-0.4, -0.2) is 40.0 Å². The molecule has 7 heteroatoms. The largest absolute Gasteiger partial charge is 0.326 e. The second-order valence-electron chi connectivity index (χ2n) is 7.42. The predicted molar refractivity (Wildman–Crippen MR) is 124 cm³/mol. The van der Waals surface area contributed by atoms with Gasteiger partial charge in [-0.25, -0.2) is 13.1 Å². The summed E-state index contributed by atoms with van der Waals surface area (Å²) in [6.45, 7) is 2.39. The minimum absolute atomic E-state index is 0.117. The third-order valence-corrected chi connectivity index (χ3v) is 7.19. The van der Waals surface area contributed by atoms with E-state index in [4.69, 9.17) is 17.3 Å². The smallest absolute Gasteiger partial charge is 0.242 e. The lowest BCUT2D eigenvalue weighted by Gasteiger charge is -2.17. The fourth-order valence-corrected chi connectivity index (χ4v) is 5.03. The molecule has 5 nitrogen and oxygen atoms in total. The lowest BCUT2D eigenvalue weighted by molar-refractivity contribution is 0.334. The SMILES string of the molecule is CN(CCCc1ccc(CN)cc1)CCNS(=O)(=O)c1ccc2ccccc2c1Cl. The van der Waals surface area contributed by atoms with Crippen LogP contribution in [-0.2, 0) is 23.0 Å². The number of rotatable bonds is 10. The van der Waals surface area contributed by atoms with E-state index in [-0.39, 0.29) is 9.92 Å². The Morgan fingerprint density at radius 3 is 2.40 bits per heavy atom. The molecule has 160 valence electrons. The molecule has 0 heterocycles. The number of benzene rings is 3. The Hall–Kier alpha value is -1.96. The second-order valence-corrected chi connectivity index (χ2v) is 9.54. The molecule has 0 amide bonds. The number of nitrogens with one attached hydrogen (secondary N) is 1. The van der Waals surface area contributed by atoms with Crippen molar-refractivity contribution in [1.29, 1.82) is 0 Å². The van der Waals surface area contributed by atoms with E-state index in [9.17, 15) is 8.42 Å². The number of hydrogen-bond donors (Lipinski definition) is 2. The maximum absolute atomic E-state index is 12.7. The van der Waals surface area contributed by atoms with Crippen molar-refractivity contribution >= 4 is 32.4 Å². The van der Waals surface area contributed by atoms with Gasteiger partial charge in [-0.1, -0.05) is 66.2 Å². The zero-order chi connectivity index (χ0) is 21.6. The van der Waals surface area contributed by atoms with E-state index in [2.05, 4.69) is 33.9 Å². The highest BCUT2D eigenvalue weighted by Gasteiger charge is 2.19. The standard InChI is InChI=1S/C23H28ClN3O2S/c1-27(15-4-5-18-8-10-19(17-25)11-9-18)16-14-26-30(28,29)22-13-12-20-6-2-3-7-21(20)23(22)24/h2-3,6-13,26H,4-5,14-17,25H2,1H3. The van der Waals surface area contributed by atoms with E-state index in [1.165, 1.54) is 5.56 Å². The Balaban J connectivity index is 1.48. The lowest BCUT2D eigenvalue weighted by atomic mass is 10.1. The number of hydrogen-bond acceptors (Lipinski definition) is 4. The van der Waals surface area contributed by atoms with E-state index < -0.39 is 10.0 Å². The van der Waals surface area contributed by atoms with Crippen molar-refractivity contribution in [2.45, 2.75) is 24.3 Å². The first-order chi connectivity index (χ1) is 14.4. The van der Waals surface area contributed by atoms with Crippen molar-refractivity contribution in [3.05, 3.63) is 76.8 Å². The van der Waals surface area contributed by atoms with Crippen LogP contribution >= 0.6 is 11.6 Å². The van der Waals surface area contributed by atoms with E-state index in [0.29, 0.717) is 19.6 Å². The van der Waals surface area contributed by atoms with E-state index in [0.717, 1.165) is 35.7 Å². The van der Waals surface area contributed by atoms with Gasteiger partial charge in [0.25, 0.3) is 0 Å². The first-order valence-electron chi connectivity index (χ1n) is 10.0. The van der Waals surface area contributed by atoms with Crippen LogP contribution < -0.4 is 10.5 Å². The van der Waals surface area contributed by atoms with Crippen LogP contribution in [0.1, 0.15) is 17.5 Å². The predicted octanol–water partition coefficient (Wildman–Crippen LogP) is 3.79. The quantitative estimate of drug-likeness (QED) is 0.497. The van der Waals surface area contributed by atoms with Crippen molar-refractivity contribution in [3.63, 3.8) is 0 Å². The summed E-state index contributed by atoms with van der Waals surface area (Å²) in [5.41, 5.74) is 8.04. The van der Waals surface area contributed by atoms with Gasteiger partial charge in [-0.15, -0.1) is 0 Å². The zero-order valence-electron chi connectivity index (χ0n) is 17.1. The van der Waals surface area contributed by atoms with E-state index >= 15 is 0 Å². The molecule has 0 atom stereocenters. The van der Waals surface area contributed by atoms with Crippen molar-refractivity contribution in [2.24, 2.45) is 5.73 Å². The van der Waals surface area contributed by atoms with Gasteiger partial charge >= 0.3 is 0 Å².